The van der Waals surface area contributed by atoms with Gasteiger partial charge in [-0.3, -0.25) is 9.79 Å². The van der Waals surface area contributed by atoms with Gasteiger partial charge in [-0.25, -0.2) is 0 Å². The number of hydrogen-bond acceptors (Lipinski definition) is 2. The molecule has 0 bridgehead atoms. The first-order valence-electron chi connectivity index (χ1n) is 8.11. The van der Waals surface area contributed by atoms with Gasteiger partial charge in [-0.15, -0.1) is 0 Å². The average Bonchev–Trinajstić information content (AvgIpc) is 2.55. The molecule has 0 atom stereocenters. The van der Waals surface area contributed by atoms with Gasteiger partial charge in [0.25, 0.3) is 0 Å². The third-order valence-corrected chi connectivity index (χ3v) is 3.91. The van der Waals surface area contributed by atoms with Crippen molar-refractivity contribution in [1.29, 1.82) is 0 Å². The van der Waals surface area contributed by atoms with Crippen molar-refractivity contribution in [2.45, 2.75) is 51.1 Å². The predicted octanol–water partition coefficient (Wildman–Crippen LogP) is 1.93. The van der Waals surface area contributed by atoms with Gasteiger partial charge >= 0.3 is 0 Å². The minimum atomic E-state index is -0.00179. The molecule has 1 fully saturated rings. The Bertz CT molecular complexity index is 481. The molecule has 0 unspecified atom stereocenters. The van der Waals surface area contributed by atoms with E-state index in [-0.39, 0.29) is 5.91 Å². The molecule has 1 aromatic carbocycles. The van der Waals surface area contributed by atoms with Gasteiger partial charge < -0.3 is 16.4 Å². The van der Waals surface area contributed by atoms with Crippen molar-refractivity contribution >= 4 is 11.9 Å². The lowest BCUT2D eigenvalue weighted by molar-refractivity contribution is -0.121. The van der Waals surface area contributed by atoms with Crippen LogP contribution in [0.15, 0.2) is 35.3 Å². The Morgan fingerprint density at radius 1 is 1.18 bits per heavy atom. The van der Waals surface area contributed by atoms with Crippen LogP contribution in [-0.4, -0.2) is 24.5 Å². The van der Waals surface area contributed by atoms with Crippen molar-refractivity contribution in [3.05, 3.63) is 35.9 Å². The predicted molar refractivity (Wildman–Crippen MR) is 89.4 cm³/mol. The van der Waals surface area contributed by atoms with Crippen LogP contribution in [0.2, 0.25) is 0 Å². The zero-order valence-corrected chi connectivity index (χ0v) is 13.1. The van der Waals surface area contributed by atoms with Crippen LogP contribution in [0.3, 0.4) is 0 Å². The second-order valence-corrected chi connectivity index (χ2v) is 5.76. The lowest BCUT2D eigenvalue weighted by Gasteiger charge is -2.23. The summed E-state index contributed by atoms with van der Waals surface area (Å²) in [6.07, 6.45) is 6.51. The zero-order valence-electron chi connectivity index (χ0n) is 13.1. The quantitative estimate of drug-likeness (QED) is 0.555. The molecule has 2 rings (SSSR count). The third-order valence-electron chi connectivity index (χ3n) is 3.91. The van der Waals surface area contributed by atoms with E-state index in [1.54, 1.807) is 0 Å². The van der Waals surface area contributed by atoms with Gasteiger partial charge in [-0.2, -0.15) is 0 Å². The Labute approximate surface area is 132 Å². The fourth-order valence-corrected chi connectivity index (χ4v) is 2.66. The van der Waals surface area contributed by atoms with Crippen LogP contribution < -0.4 is 16.4 Å². The van der Waals surface area contributed by atoms with E-state index in [0.717, 1.165) is 18.4 Å². The van der Waals surface area contributed by atoms with E-state index in [1.165, 1.54) is 19.3 Å². The van der Waals surface area contributed by atoms with E-state index < -0.39 is 0 Å². The monoisotopic (exact) mass is 302 g/mol. The summed E-state index contributed by atoms with van der Waals surface area (Å²) >= 11 is 0. The summed E-state index contributed by atoms with van der Waals surface area (Å²) in [7, 11) is 0. The fraction of sp³-hybridized carbons (Fsp3) is 0.529. The number of guanidine groups is 1. The molecule has 4 N–H and O–H groups in total. The molecule has 5 heteroatoms. The highest BCUT2D eigenvalue weighted by Crippen LogP contribution is 2.16. The number of nitrogens with zero attached hydrogens (tertiary/aromatic N) is 1. The first-order chi connectivity index (χ1) is 10.7. The van der Waals surface area contributed by atoms with Crippen LogP contribution in [0.25, 0.3) is 0 Å². The molecule has 1 saturated carbocycles. The SMILES string of the molecule is NC(=NCCC(=O)NCc1ccccc1)NC1CCCCC1. The van der Waals surface area contributed by atoms with E-state index in [2.05, 4.69) is 15.6 Å². The number of amides is 1. The topological polar surface area (TPSA) is 79.5 Å². The standard InChI is InChI=1S/C17H26N4O/c18-17(21-15-9-5-2-6-10-15)19-12-11-16(22)20-13-14-7-3-1-4-8-14/h1,3-4,7-8,15H,2,5-6,9-13H2,(H,20,22)(H3,18,19,21). The maximum absolute atomic E-state index is 11.7. The number of aliphatic imine (C=N–C) groups is 1. The summed E-state index contributed by atoms with van der Waals surface area (Å²) in [6, 6.07) is 10.3. The van der Waals surface area contributed by atoms with E-state index in [1.807, 2.05) is 30.3 Å². The van der Waals surface area contributed by atoms with Crippen LogP contribution in [0, 0.1) is 0 Å². The molecule has 1 aliphatic rings. The maximum atomic E-state index is 11.7. The number of nitrogens with two attached hydrogens (primary N) is 1. The summed E-state index contributed by atoms with van der Waals surface area (Å²) in [5.41, 5.74) is 6.96. The van der Waals surface area contributed by atoms with Gasteiger partial charge in [0.15, 0.2) is 5.96 Å². The molecule has 22 heavy (non-hydrogen) atoms. The molecule has 1 aromatic rings. The average molecular weight is 302 g/mol. The van der Waals surface area contributed by atoms with Gasteiger partial charge in [0.2, 0.25) is 5.91 Å². The van der Waals surface area contributed by atoms with Gasteiger partial charge in [0, 0.05) is 19.0 Å². The van der Waals surface area contributed by atoms with Gasteiger partial charge in [0.05, 0.1) is 6.54 Å². The van der Waals surface area contributed by atoms with Crippen LogP contribution in [-0.2, 0) is 11.3 Å². The number of benzene rings is 1. The smallest absolute Gasteiger partial charge is 0.222 e. The largest absolute Gasteiger partial charge is 0.370 e. The third kappa shape index (κ3) is 6.16. The summed E-state index contributed by atoms with van der Waals surface area (Å²) in [6.45, 7) is 0.978. The molecule has 0 heterocycles. The molecule has 1 aliphatic carbocycles. The van der Waals surface area contributed by atoms with Crippen molar-refractivity contribution in [2.75, 3.05) is 6.54 Å². The van der Waals surface area contributed by atoms with Crippen LogP contribution in [0.1, 0.15) is 44.1 Å². The maximum Gasteiger partial charge on any atom is 0.222 e. The summed E-state index contributed by atoms with van der Waals surface area (Å²) < 4.78 is 0. The number of carbonyl (C=O) groups excluding carboxylic acids is 1. The van der Waals surface area contributed by atoms with Gasteiger partial charge in [-0.05, 0) is 18.4 Å². The fourth-order valence-electron chi connectivity index (χ4n) is 2.66. The van der Waals surface area contributed by atoms with Crippen molar-refractivity contribution in [1.82, 2.24) is 10.6 Å². The Balaban J connectivity index is 1.62. The summed E-state index contributed by atoms with van der Waals surface area (Å²) in [4.78, 5) is 16.0. The van der Waals surface area contributed by atoms with Gasteiger partial charge in [0.1, 0.15) is 0 Å². The van der Waals surface area contributed by atoms with Crippen molar-refractivity contribution in [3.8, 4) is 0 Å². The Hall–Kier alpha value is -2.04. The zero-order chi connectivity index (χ0) is 15.6. The molecule has 0 saturated heterocycles. The van der Waals surface area contributed by atoms with E-state index in [9.17, 15) is 4.79 Å². The van der Waals surface area contributed by atoms with Crippen molar-refractivity contribution in [3.63, 3.8) is 0 Å². The second-order valence-electron chi connectivity index (χ2n) is 5.76. The van der Waals surface area contributed by atoms with Crippen LogP contribution >= 0.6 is 0 Å². The summed E-state index contributed by atoms with van der Waals surface area (Å²) in [5, 5.41) is 6.13. The molecule has 120 valence electrons. The lowest BCUT2D eigenvalue weighted by Crippen LogP contribution is -2.41. The lowest BCUT2D eigenvalue weighted by atomic mass is 9.96. The number of rotatable bonds is 6. The molecular formula is C17H26N4O. The molecular weight excluding hydrogens is 276 g/mol. The summed E-state index contributed by atoms with van der Waals surface area (Å²) in [5.74, 6) is 0.459. The Kier molecular flexibility index (Phi) is 6.74. The van der Waals surface area contributed by atoms with Crippen molar-refractivity contribution < 1.29 is 4.79 Å². The number of carbonyl (C=O) groups is 1. The molecule has 0 aliphatic heterocycles. The molecule has 0 spiro atoms. The number of nitrogens with one attached hydrogen (secondary N) is 2. The van der Waals surface area contributed by atoms with Crippen molar-refractivity contribution in [2.24, 2.45) is 10.7 Å². The highest BCUT2D eigenvalue weighted by Gasteiger charge is 2.13. The molecule has 5 nitrogen and oxygen atoms in total. The van der Waals surface area contributed by atoms with Crippen LogP contribution in [0.4, 0.5) is 0 Å². The van der Waals surface area contributed by atoms with E-state index in [0.29, 0.717) is 31.5 Å². The molecule has 0 aromatic heterocycles. The van der Waals surface area contributed by atoms with E-state index >= 15 is 0 Å². The van der Waals surface area contributed by atoms with E-state index in [4.69, 9.17) is 5.73 Å². The minimum Gasteiger partial charge on any atom is -0.370 e. The van der Waals surface area contributed by atoms with Crippen LogP contribution in [0.5, 0.6) is 0 Å². The minimum absolute atomic E-state index is 0.00179. The second kappa shape index (κ2) is 9.07. The normalized spacial score (nSPS) is 16.3. The molecule has 1 amide bonds. The number of hydrogen-bond donors (Lipinski definition) is 3. The highest BCUT2D eigenvalue weighted by atomic mass is 16.1. The van der Waals surface area contributed by atoms with Gasteiger partial charge in [-0.1, -0.05) is 49.6 Å². The Morgan fingerprint density at radius 3 is 2.64 bits per heavy atom. The Morgan fingerprint density at radius 2 is 1.91 bits per heavy atom. The first kappa shape index (κ1) is 16.3. The molecule has 0 radical (unpaired) electrons. The highest BCUT2D eigenvalue weighted by molar-refractivity contribution is 5.79. The first-order valence-corrected chi connectivity index (χ1v) is 8.11.